The fourth-order valence-corrected chi connectivity index (χ4v) is 2.98. The SMILES string of the molecule is OC1(c2ccccc2)C2CNCC1COC2. The van der Waals surface area contributed by atoms with Crippen LogP contribution in [0, 0.1) is 11.8 Å². The molecule has 0 aromatic heterocycles. The van der Waals surface area contributed by atoms with E-state index in [9.17, 15) is 5.11 Å². The summed E-state index contributed by atoms with van der Waals surface area (Å²) in [6.45, 7) is 2.97. The average Bonchev–Trinajstić information content (AvgIpc) is 2.29. The lowest BCUT2D eigenvalue weighted by atomic mass is 9.69. The van der Waals surface area contributed by atoms with Crippen molar-refractivity contribution in [2.24, 2.45) is 11.8 Å². The number of aliphatic hydroxyl groups is 1. The second-order valence-electron chi connectivity index (χ2n) is 4.78. The van der Waals surface area contributed by atoms with Gasteiger partial charge in [0.1, 0.15) is 5.60 Å². The molecule has 0 aliphatic carbocycles. The van der Waals surface area contributed by atoms with Crippen molar-refractivity contribution in [2.75, 3.05) is 26.3 Å². The molecule has 2 bridgehead atoms. The quantitative estimate of drug-likeness (QED) is 0.732. The first-order valence-electron chi connectivity index (χ1n) is 5.88. The van der Waals surface area contributed by atoms with Gasteiger partial charge in [0.2, 0.25) is 0 Å². The summed E-state index contributed by atoms with van der Waals surface area (Å²) in [5, 5.41) is 14.4. The molecule has 0 radical (unpaired) electrons. The van der Waals surface area contributed by atoms with Crippen molar-refractivity contribution in [3.05, 3.63) is 35.9 Å². The van der Waals surface area contributed by atoms with Gasteiger partial charge in [0.15, 0.2) is 0 Å². The third-order valence-electron chi connectivity index (χ3n) is 3.90. The third-order valence-corrected chi connectivity index (χ3v) is 3.90. The van der Waals surface area contributed by atoms with Crippen molar-refractivity contribution in [1.29, 1.82) is 0 Å². The molecular weight excluding hydrogens is 202 g/mol. The van der Waals surface area contributed by atoms with Gasteiger partial charge in [0.05, 0.1) is 13.2 Å². The minimum absolute atomic E-state index is 0.169. The molecule has 0 spiro atoms. The zero-order valence-corrected chi connectivity index (χ0v) is 9.23. The van der Waals surface area contributed by atoms with Crippen LogP contribution in [0.5, 0.6) is 0 Å². The molecule has 3 rings (SSSR count). The fourth-order valence-electron chi connectivity index (χ4n) is 2.98. The van der Waals surface area contributed by atoms with Crippen LogP contribution in [-0.2, 0) is 10.3 Å². The van der Waals surface area contributed by atoms with Gasteiger partial charge in [-0.2, -0.15) is 0 Å². The molecule has 16 heavy (non-hydrogen) atoms. The van der Waals surface area contributed by atoms with Crippen molar-refractivity contribution in [3.63, 3.8) is 0 Å². The predicted molar refractivity (Wildman–Crippen MR) is 61.0 cm³/mol. The van der Waals surface area contributed by atoms with Gasteiger partial charge in [-0.1, -0.05) is 30.3 Å². The van der Waals surface area contributed by atoms with Crippen LogP contribution in [0.1, 0.15) is 5.56 Å². The van der Waals surface area contributed by atoms with E-state index < -0.39 is 5.60 Å². The smallest absolute Gasteiger partial charge is 0.102 e. The third kappa shape index (κ3) is 1.39. The number of nitrogens with one attached hydrogen (secondary N) is 1. The summed E-state index contributed by atoms with van der Waals surface area (Å²) in [5.74, 6) is 0.338. The van der Waals surface area contributed by atoms with Crippen LogP contribution in [0.25, 0.3) is 0 Å². The number of rotatable bonds is 1. The molecule has 2 fully saturated rings. The molecule has 2 atom stereocenters. The van der Waals surface area contributed by atoms with E-state index in [0.717, 1.165) is 18.7 Å². The molecule has 2 N–H and O–H groups in total. The van der Waals surface area contributed by atoms with Gasteiger partial charge in [0, 0.05) is 24.9 Å². The Hall–Kier alpha value is -0.900. The second-order valence-corrected chi connectivity index (χ2v) is 4.78. The lowest BCUT2D eigenvalue weighted by Crippen LogP contribution is -2.60. The summed E-state index contributed by atoms with van der Waals surface area (Å²) in [4.78, 5) is 0. The Kier molecular flexibility index (Phi) is 2.46. The molecule has 2 saturated heterocycles. The molecule has 2 aliphatic heterocycles. The number of benzene rings is 1. The number of hydrogen-bond acceptors (Lipinski definition) is 3. The monoisotopic (exact) mass is 219 g/mol. The molecule has 0 saturated carbocycles. The number of ether oxygens (including phenoxy) is 1. The molecule has 1 aromatic carbocycles. The number of hydrogen-bond donors (Lipinski definition) is 2. The maximum absolute atomic E-state index is 11.0. The summed E-state index contributed by atoms with van der Waals surface area (Å²) >= 11 is 0. The van der Waals surface area contributed by atoms with E-state index in [2.05, 4.69) is 5.32 Å². The van der Waals surface area contributed by atoms with Crippen molar-refractivity contribution in [3.8, 4) is 0 Å². The predicted octanol–water partition coefficient (Wildman–Crippen LogP) is 0.740. The molecule has 86 valence electrons. The van der Waals surface area contributed by atoms with Crippen molar-refractivity contribution >= 4 is 0 Å². The van der Waals surface area contributed by atoms with E-state index in [4.69, 9.17) is 4.74 Å². The highest BCUT2D eigenvalue weighted by atomic mass is 16.5. The molecule has 3 nitrogen and oxygen atoms in total. The topological polar surface area (TPSA) is 41.5 Å². The second kappa shape index (κ2) is 3.84. The van der Waals surface area contributed by atoms with E-state index in [1.165, 1.54) is 0 Å². The molecule has 2 heterocycles. The van der Waals surface area contributed by atoms with Gasteiger partial charge in [-0.05, 0) is 5.56 Å². The first kappa shape index (κ1) is 10.3. The highest BCUT2D eigenvalue weighted by Crippen LogP contribution is 2.42. The molecular formula is C13H17NO2. The van der Waals surface area contributed by atoms with Gasteiger partial charge < -0.3 is 15.2 Å². The van der Waals surface area contributed by atoms with Crippen LogP contribution >= 0.6 is 0 Å². The maximum atomic E-state index is 11.0. The van der Waals surface area contributed by atoms with Gasteiger partial charge in [-0.25, -0.2) is 0 Å². The summed E-state index contributed by atoms with van der Waals surface area (Å²) < 4.78 is 5.55. The fraction of sp³-hybridized carbons (Fsp3) is 0.538. The Labute approximate surface area is 95.4 Å². The van der Waals surface area contributed by atoms with Gasteiger partial charge in [-0.15, -0.1) is 0 Å². The zero-order valence-electron chi connectivity index (χ0n) is 9.23. The molecule has 2 aliphatic rings. The summed E-state index contributed by atoms with van der Waals surface area (Å²) in [7, 11) is 0. The lowest BCUT2D eigenvalue weighted by molar-refractivity contribution is -0.174. The Morgan fingerprint density at radius 2 is 1.75 bits per heavy atom. The van der Waals surface area contributed by atoms with Crippen LogP contribution in [0.15, 0.2) is 30.3 Å². The minimum Gasteiger partial charge on any atom is -0.384 e. The number of fused-ring (bicyclic) bond motifs is 2. The highest BCUT2D eigenvalue weighted by Gasteiger charge is 2.50. The van der Waals surface area contributed by atoms with Crippen LogP contribution in [-0.4, -0.2) is 31.4 Å². The largest absolute Gasteiger partial charge is 0.384 e. The highest BCUT2D eigenvalue weighted by molar-refractivity contribution is 5.26. The van der Waals surface area contributed by atoms with Gasteiger partial charge >= 0.3 is 0 Å². The summed E-state index contributed by atoms with van der Waals surface area (Å²) in [5.41, 5.74) is 0.333. The Balaban J connectivity index is 2.02. The summed E-state index contributed by atoms with van der Waals surface area (Å²) in [6.07, 6.45) is 0. The Bertz CT molecular complexity index is 343. The average molecular weight is 219 g/mol. The van der Waals surface area contributed by atoms with E-state index in [-0.39, 0.29) is 11.8 Å². The van der Waals surface area contributed by atoms with Crippen molar-refractivity contribution in [1.82, 2.24) is 5.32 Å². The molecule has 1 aromatic rings. The van der Waals surface area contributed by atoms with Crippen LogP contribution < -0.4 is 5.32 Å². The molecule has 2 unspecified atom stereocenters. The standard InChI is InChI=1S/C13H17NO2/c15-13(10-4-2-1-3-5-10)11-6-14-7-12(13)9-16-8-11/h1-5,11-12,14-15H,6-9H2. The van der Waals surface area contributed by atoms with Crippen molar-refractivity contribution < 1.29 is 9.84 Å². The minimum atomic E-state index is -0.704. The van der Waals surface area contributed by atoms with Gasteiger partial charge in [0.25, 0.3) is 0 Å². The van der Waals surface area contributed by atoms with Crippen LogP contribution in [0.3, 0.4) is 0 Å². The molecule has 0 amide bonds. The Morgan fingerprint density at radius 3 is 2.38 bits per heavy atom. The first-order valence-corrected chi connectivity index (χ1v) is 5.88. The maximum Gasteiger partial charge on any atom is 0.102 e. The zero-order chi connectivity index (χ0) is 11.0. The van der Waals surface area contributed by atoms with E-state index in [1.54, 1.807) is 0 Å². The summed E-state index contributed by atoms with van der Waals surface area (Å²) in [6, 6.07) is 10.0. The Morgan fingerprint density at radius 1 is 1.12 bits per heavy atom. The molecule has 3 heteroatoms. The first-order chi connectivity index (χ1) is 7.82. The van der Waals surface area contributed by atoms with E-state index in [1.807, 2.05) is 30.3 Å². The lowest BCUT2D eigenvalue weighted by Gasteiger charge is -2.49. The number of piperidine rings is 1. The van der Waals surface area contributed by atoms with Gasteiger partial charge in [-0.3, -0.25) is 0 Å². The van der Waals surface area contributed by atoms with Crippen molar-refractivity contribution in [2.45, 2.75) is 5.60 Å². The normalized spacial score (nSPS) is 38.3. The van der Waals surface area contributed by atoms with Crippen LogP contribution in [0.2, 0.25) is 0 Å². The van der Waals surface area contributed by atoms with Crippen LogP contribution in [0.4, 0.5) is 0 Å². The van der Waals surface area contributed by atoms with E-state index in [0.29, 0.717) is 13.2 Å². The van der Waals surface area contributed by atoms with E-state index >= 15 is 0 Å².